The lowest BCUT2D eigenvalue weighted by Gasteiger charge is -2.19. The van der Waals surface area contributed by atoms with E-state index in [-0.39, 0.29) is 18.6 Å². The van der Waals surface area contributed by atoms with Crippen molar-refractivity contribution in [3.63, 3.8) is 0 Å². The molecule has 0 aliphatic heterocycles. The first-order valence-electron chi connectivity index (χ1n) is 6.74. The molecule has 2 atom stereocenters. The van der Waals surface area contributed by atoms with E-state index in [1.165, 1.54) is 0 Å². The van der Waals surface area contributed by atoms with Gasteiger partial charge in [-0.2, -0.15) is 0 Å². The van der Waals surface area contributed by atoms with Crippen LogP contribution >= 0.6 is 0 Å². The van der Waals surface area contributed by atoms with Crippen molar-refractivity contribution in [3.8, 4) is 5.75 Å². The number of hydrogen-bond acceptors (Lipinski definition) is 3. The van der Waals surface area contributed by atoms with Crippen LogP contribution in [0.1, 0.15) is 39.2 Å². The first-order valence-corrected chi connectivity index (χ1v) is 6.74. The molecule has 0 aliphatic rings. The Kier molecular flexibility index (Phi) is 6.36. The summed E-state index contributed by atoms with van der Waals surface area (Å²) in [6.07, 6.45) is 1.41. The second-order valence-electron chi connectivity index (χ2n) is 4.72. The van der Waals surface area contributed by atoms with Crippen molar-refractivity contribution in [3.05, 3.63) is 29.8 Å². The van der Waals surface area contributed by atoms with Crippen LogP contribution in [0.4, 0.5) is 0 Å². The minimum absolute atomic E-state index is 0.100. The first kappa shape index (κ1) is 15.5. The van der Waals surface area contributed by atoms with Crippen LogP contribution in [0.25, 0.3) is 0 Å². The third kappa shape index (κ3) is 4.91. The van der Waals surface area contributed by atoms with Crippen LogP contribution < -0.4 is 10.1 Å². The minimum Gasteiger partial charge on any atom is -0.481 e. The predicted octanol–water partition coefficient (Wildman–Crippen LogP) is 2.25. The van der Waals surface area contributed by atoms with Crippen molar-refractivity contribution >= 4 is 5.91 Å². The van der Waals surface area contributed by atoms with E-state index in [2.05, 4.69) is 12.2 Å². The monoisotopic (exact) mass is 265 g/mol. The van der Waals surface area contributed by atoms with Crippen LogP contribution in [0.15, 0.2) is 24.3 Å². The Morgan fingerprint density at radius 1 is 1.37 bits per heavy atom. The number of aliphatic hydroxyl groups excluding tert-OH is 1. The Morgan fingerprint density at radius 2 is 2.05 bits per heavy atom. The number of carbonyl (C=O) groups is 1. The maximum absolute atomic E-state index is 11.9. The summed E-state index contributed by atoms with van der Waals surface area (Å²) in [5.41, 5.74) is 0.684. The topological polar surface area (TPSA) is 58.6 Å². The van der Waals surface area contributed by atoms with Crippen LogP contribution in [0.2, 0.25) is 0 Å². The molecule has 0 radical (unpaired) electrons. The van der Waals surface area contributed by atoms with Crippen molar-refractivity contribution in [1.29, 1.82) is 0 Å². The average molecular weight is 265 g/mol. The molecule has 1 aromatic rings. The molecule has 19 heavy (non-hydrogen) atoms. The molecule has 2 N–H and O–H groups in total. The lowest BCUT2D eigenvalue weighted by atomic mass is 10.2. The molecule has 4 heteroatoms. The van der Waals surface area contributed by atoms with E-state index in [1.54, 1.807) is 19.1 Å². The molecule has 0 saturated carbocycles. The summed E-state index contributed by atoms with van der Waals surface area (Å²) >= 11 is 0. The molecule has 0 aliphatic carbocycles. The molecule has 0 aromatic heterocycles. The van der Waals surface area contributed by atoms with E-state index >= 15 is 0 Å². The minimum atomic E-state index is -0.577. The van der Waals surface area contributed by atoms with Gasteiger partial charge in [0.05, 0.1) is 6.61 Å². The number of para-hydroxylation sites is 1. The van der Waals surface area contributed by atoms with Crippen LogP contribution in [0.3, 0.4) is 0 Å². The zero-order valence-corrected chi connectivity index (χ0v) is 11.8. The summed E-state index contributed by atoms with van der Waals surface area (Å²) in [5, 5.41) is 12.1. The maximum Gasteiger partial charge on any atom is 0.260 e. The highest BCUT2D eigenvalue weighted by atomic mass is 16.5. The Balaban J connectivity index is 2.58. The number of aliphatic hydroxyl groups is 1. The smallest absolute Gasteiger partial charge is 0.260 e. The molecule has 0 heterocycles. The van der Waals surface area contributed by atoms with Crippen LogP contribution in [0, 0.1) is 0 Å². The fourth-order valence-corrected chi connectivity index (χ4v) is 1.86. The van der Waals surface area contributed by atoms with Gasteiger partial charge < -0.3 is 15.2 Å². The van der Waals surface area contributed by atoms with Gasteiger partial charge >= 0.3 is 0 Å². The molecule has 0 saturated heterocycles. The van der Waals surface area contributed by atoms with E-state index in [0.29, 0.717) is 11.3 Å². The van der Waals surface area contributed by atoms with Crippen LogP contribution in [0.5, 0.6) is 5.75 Å². The summed E-state index contributed by atoms with van der Waals surface area (Å²) in [6, 6.07) is 7.33. The lowest BCUT2D eigenvalue weighted by molar-refractivity contribution is -0.127. The Morgan fingerprint density at radius 3 is 2.68 bits per heavy atom. The summed E-state index contributed by atoms with van der Waals surface area (Å²) in [7, 11) is 0. The van der Waals surface area contributed by atoms with E-state index in [9.17, 15) is 9.90 Å². The molecular formula is C15H23NO3. The van der Waals surface area contributed by atoms with Crippen molar-refractivity contribution in [2.45, 2.75) is 52.4 Å². The normalized spacial score (nSPS) is 13.7. The third-order valence-electron chi connectivity index (χ3n) is 2.93. The van der Waals surface area contributed by atoms with Gasteiger partial charge in [-0.1, -0.05) is 31.5 Å². The van der Waals surface area contributed by atoms with Gasteiger partial charge in [0.2, 0.25) is 0 Å². The van der Waals surface area contributed by atoms with Gasteiger partial charge in [0.15, 0.2) is 6.10 Å². The van der Waals surface area contributed by atoms with E-state index in [0.717, 1.165) is 12.8 Å². The van der Waals surface area contributed by atoms with Crippen molar-refractivity contribution in [2.24, 2.45) is 0 Å². The Bertz CT molecular complexity index is 406. The van der Waals surface area contributed by atoms with Gasteiger partial charge in [-0.25, -0.2) is 0 Å². The van der Waals surface area contributed by atoms with Crippen LogP contribution in [-0.4, -0.2) is 23.2 Å². The summed E-state index contributed by atoms with van der Waals surface area (Å²) in [6.45, 7) is 5.68. The summed E-state index contributed by atoms with van der Waals surface area (Å²) in [4.78, 5) is 11.9. The highest BCUT2D eigenvalue weighted by Gasteiger charge is 2.17. The molecule has 2 unspecified atom stereocenters. The molecule has 1 aromatic carbocycles. The predicted molar refractivity (Wildman–Crippen MR) is 75.0 cm³/mol. The number of hydrogen-bond donors (Lipinski definition) is 2. The van der Waals surface area contributed by atoms with Crippen molar-refractivity contribution in [1.82, 2.24) is 5.32 Å². The zero-order valence-electron chi connectivity index (χ0n) is 11.8. The van der Waals surface area contributed by atoms with Gasteiger partial charge in [-0.05, 0) is 26.3 Å². The summed E-state index contributed by atoms with van der Waals surface area (Å²) in [5.74, 6) is 0.421. The van der Waals surface area contributed by atoms with Gasteiger partial charge in [0.25, 0.3) is 5.91 Å². The maximum atomic E-state index is 11.9. The molecule has 1 amide bonds. The fraction of sp³-hybridized carbons (Fsp3) is 0.533. The SMILES string of the molecule is CCCC(C)NC(=O)C(C)Oc1ccccc1CO. The first-order chi connectivity index (χ1) is 9.08. The van der Waals surface area contributed by atoms with Crippen molar-refractivity contribution < 1.29 is 14.6 Å². The molecule has 4 nitrogen and oxygen atoms in total. The molecule has 106 valence electrons. The lowest BCUT2D eigenvalue weighted by Crippen LogP contribution is -2.41. The highest BCUT2D eigenvalue weighted by Crippen LogP contribution is 2.19. The molecule has 1 rings (SSSR count). The second kappa shape index (κ2) is 7.79. The van der Waals surface area contributed by atoms with Gasteiger partial charge in [0, 0.05) is 11.6 Å². The number of carbonyl (C=O) groups excluding carboxylic acids is 1. The van der Waals surface area contributed by atoms with Crippen molar-refractivity contribution in [2.75, 3.05) is 0 Å². The Hall–Kier alpha value is -1.55. The number of ether oxygens (including phenoxy) is 1. The highest BCUT2D eigenvalue weighted by molar-refractivity contribution is 5.81. The van der Waals surface area contributed by atoms with Gasteiger partial charge in [-0.3, -0.25) is 4.79 Å². The Labute approximate surface area is 114 Å². The average Bonchev–Trinajstić information content (AvgIpc) is 2.39. The van der Waals surface area contributed by atoms with E-state index in [4.69, 9.17) is 4.74 Å². The standard InChI is InChI=1S/C15H23NO3/c1-4-7-11(2)16-15(18)12(3)19-14-9-6-5-8-13(14)10-17/h5-6,8-9,11-12,17H,4,7,10H2,1-3H3,(H,16,18). The molecule has 0 bridgehead atoms. The van der Waals surface area contributed by atoms with Gasteiger partial charge in [0.1, 0.15) is 5.75 Å². The molecule has 0 fully saturated rings. The molecular weight excluding hydrogens is 242 g/mol. The molecule has 0 spiro atoms. The summed E-state index contributed by atoms with van der Waals surface area (Å²) < 4.78 is 5.61. The third-order valence-corrected chi connectivity index (χ3v) is 2.93. The largest absolute Gasteiger partial charge is 0.481 e. The van der Waals surface area contributed by atoms with E-state index < -0.39 is 6.10 Å². The van der Waals surface area contributed by atoms with Crippen LogP contribution in [-0.2, 0) is 11.4 Å². The van der Waals surface area contributed by atoms with Gasteiger partial charge in [-0.15, -0.1) is 0 Å². The quantitative estimate of drug-likeness (QED) is 0.795. The number of rotatable bonds is 7. The number of amides is 1. The number of nitrogens with one attached hydrogen (secondary N) is 1. The number of benzene rings is 1. The van der Waals surface area contributed by atoms with E-state index in [1.807, 2.05) is 19.1 Å². The zero-order chi connectivity index (χ0) is 14.3. The fourth-order valence-electron chi connectivity index (χ4n) is 1.86. The second-order valence-corrected chi connectivity index (χ2v) is 4.72.